The predicted octanol–water partition coefficient (Wildman–Crippen LogP) is 4.26. The quantitative estimate of drug-likeness (QED) is 0.740. The van der Waals surface area contributed by atoms with E-state index in [-0.39, 0.29) is 18.7 Å². The summed E-state index contributed by atoms with van der Waals surface area (Å²) in [5.41, 5.74) is 2.05. The molecule has 3 rings (SSSR count). The third kappa shape index (κ3) is 4.21. The first-order chi connectivity index (χ1) is 12.2. The molecule has 1 heterocycles. The molecule has 1 aliphatic heterocycles. The Morgan fingerprint density at radius 3 is 2.68 bits per heavy atom. The van der Waals surface area contributed by atoms with E-state index >= 15 is 0 Å². The lowest BCUT2D eigenvalue weighted by Gasteiger charge is -2.27. The molecule has 0 saturated carbocycles. The maximum Gasteiger partial charge on any atom is 0.247 e. The van der Waals surface area contributed by atoms with Crippen LogP contribution in [0.15, 0.2) is 54.6 Å². The highest BCUT2D eigenvalue weighted by Crippen LogP contribution is 2.32. The molecule has 0 N–H and O–H groups in total. The average Bonchev–Trinajstić information content (AvgIpc) is 3.12. The first kappa shape index (κ1) is 17.1. The van der Waals surface area contributed by atoms with Crippen LogP contribution < -0.4 is 9.47 Å². The van der Waals surface area contributed by atoms with Gasteiger partial charge in [-0.1, -0.05) is 43.3 Å². The van der Waals surface area contributed by atoms with Crippen LogP contribution in [0.4, 0.5) is 0 Å². The number of ether oxygens (including phenoxy) is 2. The monoisotopic (exact) mass is 337 g/mol. The molecule has 4 heteroatoms. The fourth-order valence-electron chi connectivity index (χ4n) is 2.73. The number of rotatable bonds is 6. The van der Waals surface area contributed by atoms with E-state index in [0.29, 0.717) is 6.54 Å². The van der Waals surface area contributed by atoms with Gasteiger partial charge in [0.05, 0.1) is 0 Å². The Morgan fingerprint density at radius 1 is 1.16 bits per heavy atom. The molecule has 0 radical (unpaired) electrons. The van der Waals surface area contributed by atoms with Gasteiger partial charge in [-0.15, -0.1) is 0 Å². The maximum atomic E-state index is 12.7. The predicted molar refractivity (Wildman–Crippen MR) is 98.3 cm³/mol. The summed E-state index contributed by atoms with van der Waals surface area (Å²) < 4.78 is 10.7. The summed E-state index contributed by atoms with van der Waals surface area (Å²) in [6.07, 6.45) is 4.37. The van der Waals surface area contributed by atoms with Crippen LogP contribution in [0.2, 0.25) is 0 Å². The summed E-state index contributed by atoms with van der Waals surface area (Å²) in [6.45, 7) is 5.03. The topological polar surface area (TPSA) is 38.8 Å². The van der Waals surface area contributed by atoms with Gasteiger partial charge in [-0.3, -0.25) is 4.79 Å². The molecule has 1 aliphatic rings. The Labute approximate surface area is 148 Å². The van der Waals surface area contributed by atoms with E-state index < -0.39 is 0 Å². The van der Waals surface area contributed by atoms with E-state index in [1.54, 1.807) is 6.08 Å². The summed E-state index contributed by atoms with van der Waals surface area (Å²) in [5.74, 6) is 1.47. The van der Waals surface area contributed by atoms with Crippen LogP contribution in [0.3, 0.4) is 0 Å². The van der Waals surface area contributed by atoms with Crippen molar-refractivity contribution in [1.82, 2.24) is 4.90 Å². The van der Waals surface area contributed by atoms with Crippen molar-refractivity contribution in [2.24, 2.45) is 0 Å². The molecule has 0 aliphatic carbocycles. The van der Waals surface area contributed by atoms with Crippen molar-refractivity contribution < 1.29 is 14.3 Å². The van der Waals surface area contributed by atoms with Gasteiger partial charge in [0.2, 0.25) is 12.7 Å². The first-order valence-electron chi connectivity index (χ1n) is 8.59. The highest BCUT2D eigenvalue weighted by Gasteiger charge is 2.17. The van der Waals surface area contributed by atoms with Gasteiger partial charge in [0, 0.05) is 18.7 Å². The van der Waals surface area contributed by atoms with Gasteiger partial charge in [-0.2, -0.15) is 0 Å². The largest absolute Gasteiger partial charge is 0.454 e. The van der Waals surface area contributed by atoms with Gasteiger partial charge in [0.25, 0.3) is 0 Å². The highest BCUT2D eigenvalue weighted by molar-refractivity contribution is 5.92. The van der Waals surface area contributed by atoms with Crippen molar-refractivity contribution in [2.45, 2.75) is 32.9 Å². The Balaban J connectivity index is 1.73. The third-order valence-corrected chi connectivity index (χ3v) is 4.42. The van der Waals surface area contributed by atoms with Crippen LogP contribution in [0.1, 0.15) is 31.4 Å². The fraction of sp³-hybridized carbons (Fsp3) is 0.286. The van der Waals surface area contributed by atoms with Crippen LogP contribution in [-0.2, 0) is 11.3 Å². The number of benzene rings is 2. The Morgan fingerprint density at radius 2 is 1.92 bits per heavy atom. The van der Waals surface area contributed by atoms with E-state index in [2.05, 4.69) is 13.8 Å². The van der Waals surface area contributed by atoms with E-state index in [1.807, 2.05) is 59.5 Å². The first-order valence-corrected chi connectivity index (χ1v) is 8.59. The Kier molecular flexibility index (Phi) is 5.39. The molecule has 2 aromatic carbocycles. The number of nitrogens with zero attached hydrogens (tertiary/aromatic N) is 1. The summed E-state index contributed by atoms with van der Waals surface area (Å²) in [6, 6.07) is 15.9. The zero-order valence-corrected chi connectivity index (χ0v) is 14.6. The molecule has 0 saturated heterocycles. The molecule has 25 heavy (non-hydrogen) atoms. The standard InChI is InChI=1S/C21H23NO3/c1-3-16(2)22(14-18-7-5-4-6-8-18)21(23)12-10-17-9-11-19-20(13-17)25-15-24-19/h4-13,16H,3,14-15H2,1-2H3/b12-10+. The molecule has 0 spiro atoms. The van der Waals surface area contributed by atoms with Gasteiger partial charge in [-0.05, 0) is 42.7 Å². The lowest BCUT2D eigenvalue weighted by Crippen LogP contribution is -2.36. The molecule has 2 aromatic rings. The van der Waals surface area contributed by atoms with Crippen molar-refractivity contribution >= 4 is 12.0 Å². The Bertz CT molecular complexity index is 755. The van der Waals surface area contributed by atoms with Crippen molar-refractivity contribution in [1.29, 1.82) is 0 Å². The van der Waals surface area contributed by atoms with Crippen molar-refractivity contribution in [3.8, 4) is 11.5 Å². The summed E-state index contributed by atoms with van der Waals surface area (Å²) >= 11 is 0. The smallest absolute Gasteiger partial charge is 0.247 e. The number of hydrogen-bond donors (Lipinski definition) is 0. The number of amides is 1. The summed E-state index contributed by atoms with van der Waals surface area (Å²) in [7, 11) is 0. The van der Waals surface area contributed by atoms with E-state index in [4.69, 9.17) is 9.47 Å². The molecule has 0 bridgehead atoms. The van der Waals surface area contributed by atoms with Gasteiger partial charge < -0.3 is 14.4 Å². The van der Waals surface area contributed by atoms with E-state index in [1.165, 1.54) is 0 Å². The lowest BCUT2D eigenvalue weighted by atomic mass is 10.1. The van der Waals surface area contributed by atoms with Crippen molar-refractivity contribution in [3.63, 3.8) is 0 Å². The molecular weight excluding hydrogens is 314 g/mol. The van der Waals surface area contributed by atoms with Crippen molar-refractivity contribution in [3.05, 3.63) is 65.7 Å². The van der Waals surface area contributed by atoms with Crippen LogP contribution in [-0.4, -0.2) is 23.6 Å². The molecule has 1 atom stereocenters. The van der Waals surface area contributed by atoms with E-state index in [9.17, 15) is 4.79 Å². The lowest BCUT2D eigenvalue weighted by molar-refractivity contribution is -0.128. The van der Waals surface area contributed by atoms with Gasteiger partial charge >= 0.3 is 0 Å². The summed E-state index contributed by atoms with van der Waals surface area (Å²) in [4.78, 5) is 14.6. The van der Waals surface area contributed by atoms with Crippen molar-refractivity contribution in [2.75, 3.05) is 6.79 Å². The number of carbonyl (C=O) groups excluding carboxylic acids is 1. The molecule has 130 valence electrons. The molecule has 0 fully saturated rings. The normalized spacial score (nSPS) is 13.8. The van der Waals surface area contributed by atoms with Crippen LogP contribution in [0.5, 0.6) is 11.5 Å². The molecule has 0 aromatic heterocycles. The molecule has 1 amide bonds. The van der Waals surface area contributed by atoms with Crippen LogP contribution in [0, 0.1) is 0 Å². The Hall–Kier alpha value is -2.75. The number of carbonyl (C=O) groups is 1. The zero-order valence-electron chi connectivity index (χ0n) is 14.6. The van der Waals surface area contributed by atoms with E-state index in [0.717, 1.165) is 29.0 Å². The fourth-order valence-corrected chi connectivity index (χ4v) is 2.73. The molecule has 1 unspecified atom stereocenters. The second kappa shape index (κ2) is 7.88. The molecule has 4 nitrogen and oxygen atoms in total. The van der Waals surface area contributed by atoms with Gasteiger partial charge in [0.15, 0.2) is 11.5 Å². The second-order valence-electron chi connectivity index (χ2n) is 6.16. The average molecular weight is 337 g/mol. The van der Waals surface area contributed by atoms with Gasteiger partial charge in [-0.25, -0.2) is 0 Å². The molecular formula is C21H23NO3. The van der Waals surface area contributed by atoms with Crippen LogP contribution >= 0.6 is 0 Å². The van der Waals surface area contributed by atoms with Gasteiger partial charge in [0.1, 0.15) is 0 Å². The number of hydrogen-bond acceptors (Lipinski definition) is 3. The third-order valence-electron chi connectivity index (χ3n) is 4.42. The summed E-state index contributed by atoms with van der Waals surface area (Å²) in [5, 5.41) is 0. The minimum Gasteiger partial charge on any atom is -0.454 e. The second-order valence-corrected chi connectivity index (χ2v) is 6.16. The minimum absolute atomic E-state index is 0.0101. The highest BCUT2D eigenvalue weighted by atomic mass is 16.7. The number of fused-ring (bicyclic) bond motifs is 1. The minimum atomic E-state index is 0.0101. The van der Waals surface area contributed by atoms with Crippen LogP contribution in [0.25, 0.3) is 6.08 Å². The maximum absolute atomic E-state index is 12.7. The zero-order chi connectivity index (χ0) is 17.6. The SMILES string of the molecule is CCC(C)N(Cc1ccccc1)C(=O)/C=C/c1ccc2c(c1)OCO2.